The maximum absolute atomic E-state index is 12.5. The summed E-state index contributed by atoms with van der Waals surface area (Å²) in [4.78, 5) is 12.5. The van der Waals surface area contributed by atoms with Gasteiger partial charge in [-0.25, -0.2) is 0 Å². The van der Waals surface area contributed by atoms with Gasteiger partial charge in [-0.15, -0.1) is 11.6 Å². The highest BCUT2D eigenvalue weighted by Gasteiger charge is 2.61. The Bertz CT molecular complexity index is 332. The molecular weight excluding hydrogens is 375 g/mol. The standard InChI is InChI=1S/C15H24ClIO2/c1-14(7-4-5-10-16)12-6-2-3-8-15(12,9-11-17)19-13(14)18/h12H,2-11H2,1H3/t12?,14-,15?/m0/s1. The molecule has 1 saturated heterocycles. The van der Waals surface area contributed by atoms with Gasteiger partial charge < -0.3 is 4.74 Å². The Hall–Kier alpha value is 0.490. The summed E-state index contributed by atoms with van der Waals surface area (Å²) >= 11 is 8.17. The molecule has 1 aliphatic carbocycles. The lowest BCUT2D eigenvalue weighted by Crippen LogP contribution is -2.43. The van der Waals surface area contributed by atoms with Crippen molar-refractivity contribution in [3.63, 3.8) is 0 Å². The Kier molecular flexibility index (Phi) is 5.43. The van der Waals surface area contributed by atoms with E-state index in [0.717, 1.165) is 43.0 Å². The zero-order valence-electron chi connectivity index (χ0n) is 11.7. The molecule has 1 saturated carbocycles. The number of carbonyl (C=O) groups is 1. The summed E-state index contributed by atoms with van der Waals surface area (Å²) in [5.41, 5.74) is -0.412. The van der Waals surface area contributed by atoms with Crippen LogP contribution in [0.1, 0.15) is 58.3 Å². The van der Waals surface area contributed by atoms with E-state index < -0.39 is 0 Å². The number of esters is 1. The van der Waals surface area contributed by atoms with E-state index in [1.54, 1.807) is 0 Å². The van der Waals surface area contributed by atoms with E-state index in [-0.39, 0.29) is 17.0 Å². The molecule has 0 aromatic carbocycles. The topological polar surface area (TPSA) is 26.3 Å². The maximum atomic E-state index is 12.5. The molecule has 1 aliphatic heterocycles. The number of alkyl halides is 2. The molecule has 2 rings (SSSR count). The van der Waals surface area contributed by atoms with Gasteiger partial charge in [0.15, 0.2) is 0 Å². The zero-order chi connectivity index (χ0) is 13.9. The van der Waals surface area contributed by atoms with E-state index in [9.17, 15) is 4.79 Å². The number of fused-ring (bicyclic) bond motifs is 1. The number of unbranched alkanes of at least 4 members (excludes halogenated alkanes) is 1. The average Bonchev–Trinajstić information content (AvgIpc) is 2.60. The molecule has 2 unspecified atom stereocenters. The van der Waals surface area contributed by atoms with Gasteiger partial charge in [-0.2, -0.15) is 0 Å². The van der Waals surface area contributed by atoms with Crippen LogP contribution >= 0.6 is 34.2 Å². The van der Waals surface area contributed by atoms with E-state index >= 15 is 0 Å². The summed E-state index contributed by atoms with van der Waals surface area (Å²) < 4.78 is 7.03. The van der Waals surface area contributed by atoms with Gasteiger partial charge in [-0.05, 0) is 45.4 Å². The zero-order valence-corrected chi connectivity index (χ0v) is 14.6. The number of carbonyl (C=O) groups excluding carboxylic acids is 1. The van der Waals surface area contributed by atoms with Crippen LogP contribution in [0, 0.1) is 11.3 Å². The lowest BCUT2D eigenvalue weighted by atomic mass is 9.62. The van der Waals surface area contributed by atoms with Crippen molar-refractivity contribution in [3.8, 4) is 0 Å². The van der Waals surface area contributed by atoms with Gasteiger partial charge in [-0.3, -0.25) is 4.79 Å². The van der Waals surface area contributed by atoms with Crippen LogP contribution in [0.2, 0.25) is 0 Å². The van der Waals surface area contributed by atoms with Gasteiger partial charge in [0.05, 0.1) is 5.41 Å². The molecule has 3 atom stereocenters. The van der Waals surface area contributed by atoms with Crippen LogP contribution in [0.25, 0.3) is 0 Å². The lowest BCUT2D eigenvalue weighted by molar-refractivity contribution is -0.155. The third-order valence-corrected chi connectivity index (χ3v) is 5.91. The minimum absolute atomic E-state index is 0.0545. The van der Waals surface area contributed by atoms with Crippen molar-refractivity contribution < 1.29 is 9.53 Å². The first-order valence-electron chi connectivity index (χ1n) is 7.44. The predicted molar refractivity (Wildman–Crippen MR) is 87.0 cm³/mol. The third kappa shape index (κ3) is 2.92. The molecule has 1 heterocycles. The highest BCUT2D eigenvalue weighted by Crippen LogP contribution is 2.56. The Balaban J connectivity index is 2.17. The fourth-order valence-corrected chi connectivity index (χ4v) is 5.15. The molecule has 0 amide bonds. The summed E-state index contributed by atoms with van der Waals surface area (Å²) in [5, 5.41) is 0. The fraction of sp³-hybridized carbons (Fsp3) is 0.933. The summed E-state index contributed by atoms with van der Waals surface area (Å²) in [6.07, 6.45) is 8.66. The highest BCUT2D eigenvalue weighted by molar-refractivity contribution is 14.1. The van der Waals surface area contributed by atoms with E-state index in [0.29, 0.717) is 11.8 Å². The largest absolute Gasteiger partial charge is 0.458 e. The van der Waals surface area contributed by atoms with Crippen LogP contribution in [0.5, 0.6) is 0 Å². The molecule has 2 nitrogen and oxygen atoms in total. The first kappa shape index (κ1) is 15.9. The fourth-order valence-electron chi connectivity index (χ4n) is 4.05. The van der Waals surface area contributed by atoms with Crippen molar-refractivity contribution in [2.75, 3.05) is 10.3 Å². The second-order valence-corrected chi connectivity index (χ2v) is 7.71. The van der Waals surface area contributed by atoms with Crippen LogP contribution in [0.4, 0.5) is 0 Å². The van der Waals surface area contributed by atoms with Crippen LogP contribution in [-0.4, -0.2) is 21.9 Å². The number of halogens is 2. The summed E-state index contributed by atoms with van der Waals surface area (Å²) in [6.45, 7) is 2.13. The molecular formula is C15H24ClIO2. The van der Waals surface area contributed by atoms with E-state index in [1.165, 1.54) is 12.8 Å². The van der Waals surface area contributed by atoms with Crippen LogP contribution < -0.4 is 0 Å². The van der Waals surface area contributed by atoms with Crippen LogP contribution in [0.15, 0.2) is 0 Å². The van der Waals surface area contributed by atoms with E-state index in [4.69, 9.17) is 16.3 Å². The minimum atomic E-state index is -0.266. The summed E-state index contributed by atoms with van der Waals surface area (Å²) in [7, 11) is 0. The number of ether oxygens (including phenoxy) is 1. The van der Waals surface area contributed by atoms with Gasteiger partial charge in [0.25, 0.3) is 0 Å². The first-order chi connectivity index (χ1) is 9.09. The Morgan fingerprint density at radius 2 is 2.16 bits per heavy atom. The minimum Gasteiger partial charge on any atom is -0.458 e. The molecule has 2 aliphatic rings. The van der Waals surface area contributed by atoms with Crippen molar-refractivity contribution in [2.24, 2.45) is 11.3 Å². The van der Waals surface area contributed by atoms with Crippen molar-refractivity contribution in [3.05, 3.63) is 0 Å². The van der Waals surface area contributed by atoms with Crippen LogP contribution in [0.3, 0.4) is 0 Å². The van der Waals surface area contributed by atoms with Crippen molar-refractivity contribution in [2.45, 2.75) is 63.9 Å². The highest BCUT2D eigenvalue weighted by atomic mass is 127. The monoisotopic (exact) mass is 398 g/mol. The van der Waals surface area contributed by atoms with Gasteiger partial charge in [-0.1, -0.05) is 35.4 Å². The number of hydrogen-bond acceptors (Lipinski definition) is 2. The van der Waals surface area contributed by atoms with Crippen molar-refractivity contribution in [1.82, 2.24) is 0 Å². The summed E-state index contributed by atoms with van der Waals surface area (Å²) in [6, 6.07) is 0. The second kappa shape index (κ2) is 6.50. The molecule has 0 spiro atoms. The Morgan fingerprint density at radius 3 is 2.84 bits per heavy atom. The average molecular weight is 399 g/mol. The SMILES string of the molecule is C[C@@]1(CCCCCl)C(=O)OC2(CCI)CCCCC21. The molecule has 110 valence electrons. The van der Waals surface area contributed by atoms with E-state index in [1.807, 2.05) is 0 Å². The van der Waals surface area contributed by atoms with Gasteiger partial charge in [0.1, 0.15) is 5.60 Å². The molecule has 0 radical (unpaired) electrons. The number of rotatable bonds is 6. The van der Waals surface area contributed by atoms with Gasteiger partial charge in [0.2, 0.25) is 0 Å². The summed E-state index contributed by atoms with van der Waals surface area (Å²) in [5.74, 6) is 1.17. The lowest BCUT2D eigenvalue weighted by Gasteiger charge is -2.41. The van der Waals surface area contributed by atoms with Crippen molar-refractivity contribution >= 4 is 40.2 Å². The number of hydrogen-bond donors (Lipinski definition) is 0. The normalized spacial score (nSPS) is 38.1. The van der Waals surface area contributed by atoms with E-state index in [2.05, 4.69) is 29.5 Å². The van der Waals surface area contributed by atoms with Crippen LogP contribution in [-0.2, 0) is 9.53 Å². The molecule has 19 heavy (non-hydrogen) atoms. The second-order valence-electron chi connectivity index (χ2n) is 6.26. The Labute approximate surface area is 135 Å². The smallest absolute Gasteiger partial charge is 0.312 e. The molecule has 4 heteroatoms. The molecule has 2 fully saturated rings. The molecule has 0 bridgehead atoms. The Morgan fingerprint density at radius 1 is 1.37 bits per heavy atom. The maximum Gasteiger partial charge on any atom is 0.312 e. The first-order valence-corrected chi connectivity index (χ1v) is 9.50. The molecule has 0 N–H and O–H groups in total. The molecule has 0 aromatic rings. The van der Waals surface area contributed by atoms with Gasteiger partial charge >= 0.3 is 5.97 Å². The third-order valence-electron chi connectivity index (χ3n) is 5.11. The predicted octanol–water partition coefficient (Wildman–Crippen LogP) is 4.71. The molecule has 0 aromatic heterocycles. The van der Waals surface area contributed by atoms with Crippen molar-refractivity contribution in [1.29, 1.82) is 0 Å². The quantitative estimate of drug-likeness (QED) is 0.280. The van der Waals surface area contributed by atoms with Gasteiger partial charge in [0, 0.05) is 16.2 Å².